The standard InChI is InChI=1S/C6H19NO12P4.C4H11NO/c1-3-7(4-2,5(20(8,9)10)21(11,12)13)6(22(14,15)16)23(17,18)19;5-3-1-2-4-6/h5-6H,3-4H2,1-2H3,(H7-,8,9,10,11,12,13,14,15,16,17,18,19);6H,1-5H2/p+1. The second kappa shape index (κ2) is 11.9. The fraction of sp³-hybridized carbons (Fsp3) is 1.00. The Kier molecular flexibility index (Phi) is 13.0. The second-order valence-corrected chi connectivity index (χ2v) is 13.5. The SMILES string of the molecule is CC[N+](CC)(C(P(=O)(O)O)P(=O)(O)O)C(P(=O)(O)O)P(=O)(O)O.NCCCCO. The Labute approximate surface area is 167 Å². The third-order valence-electron chi connectivity index (χ3n) is 3.91. The molecule has 0 rings (SSSR count). The average Bonchev–Trinajstić information content (AvgIpc) is 2.47. The number of nitrogens with zero attached hydrogens (tertiary/aromatic N) is 1. The fourth-order valence-electron chi connectivity index (χ4n) is 2.84. The van der Waals surface area contributed by atoms with Crippen molar-refractivity contribution < 1.29 is 67.0 Å². The molecule has 0 aromatic rings. The van der Waals surface area contributed by atoms with E-state index in [0.717, 1.165) is 26.7 Å². The molecule has 19 heteroatoms. The van der Waals surface area contributed by atoms with E-state index < -0.39 is 59.0 Å². The fourth-order valence-corrected chi connectivity index (χ4v) is 10.6. The van der Waals surface area contributed by atoms with Gasteiger partial charge in [-0.15, -0.1) is 0 Å². The zero-order valence-corrected chi connectivity index (χ0v) is 19.4. The molecule has 0 fully saturated rings. The lowest BCUT2D eigenvalue weighted by Crippen LogP contribution is -2.60. The smallest absolute Gasteiger partial charge is 0.395 e. The first-order valence-electron chi connectivity index (χ1n) is 8.15. The second-order valence-electron chi connectivity index (χ2n) is 6.00. The first-order valence-corrected chi connectivity index (χ1v) is 14.9. The van der Waals surface area contributed by atoms with Gasteiger partial charge in [-0.1, -0.05) is 0 Å². The number of hydrogen-bond donors (Lipinski definition) is 10. The summed E-state index contributed by atoms with van der Waals surface area (Å²) in [6.45, 7) is 1.52. The Morgan fingerprint density at radius 1 is 0.690 bits per heavy atom. The molecule has 0 aliphatic carbocycles. The van der Waals surface area contributed by atoms with Crippen molar-refractivity contribution in [2.24, 2.45) is 5.73 Å². The number of aliphatic hydroxyl groups excluding tert-OH is 1. The van der Waals surface area contributed by atoms with Crippen LogP contribution in [0.15, 0.2) is 0 Å². The van der Waals surface area contributed by atoms with Crippen LogP contribution in [-0.2, 0) is 18.3 Å². The molecule has 0 spiro atoms. The highest BCUT2D eigenvalue weighted by molar-refractivity contribution is 7.72. The van der Waals surface area contributed by atoms with Gasteiger partial charge < -0.3 is 50.0 Å². The third-order valence-corrected chi connectivity index (χ3v) is 11.8. The highest BCUT2D eigenvalue weighted by Gasteiger charge is 2.68. The zero-order valence-electron chi connectivity index (χ0n) is 15.9. The van der Waals surface area contributed by atoms with Crippen molar-refractivity contribution in [1.82, 2.24) is 0 Å². The molecule has 0 aromatic carbocycles. The molecule has 0 saturated heterocycles. The maximum Gasteiger partial charge on any atom is 0.395 e. The number of aliphatic hydroxyl groups is 1. The number of unbranched alkanes of at least 4 members (excludes halogenated alkanes) is 1. The van der Waals surface area contributed by atoms with Crippen LogP contribution >= 0.6 is 30.4 Å². The summed E-state index contributed by atoms with van der Waals surface area (Å²) in [4.78, 5) is 74.3. The van der Waals surface area contributed by atoms with Crippen molar-refractivity contribution in [2.45, 2.75) is 37.7 Å². The lowest BCUT2D eigenvalue weighted by Gasteiger charge is -2.47. The van der Waals surface area contributed by atoms with Gasteiger partial charge in [0.15, 0.2) is 0 Å². The van der Waals surface area contributed by atoms with Crippen LogP contribution in [0, 0.1) is 0 Å². The number of quaternary nitrogens is 1. The van der Waals surface area contributed by atoms with E-state index in [2.05, 4.69) is 0 Å². The van der Waals surface area contributed by atoms with Crippen LogP contribution in [0.2, 0.25) is 0 Å². The predicted octanol–water partition coefficient (Wildman–Crippen LogP) is -1.16. The highest BCUT2D eigenvalue weighted by atomic mass is 31.2. The van der Waals surface area contributed by atoms with E-state index in [-0.39, 0.29) is 6.61 Å². The molecule has 178 valence electrons. The van der Waals surface area contributed by atoms with Crippen molar-refractivity contribution >= 4 is 30.4 Å². The average molecular weight is 511 g/mol. The van der Waals surface area contributed by atoms with E-state index in [1.165, 1.54) is 0 Å². The molecule has 0 atom stereocenters. The minimum Gasteiger partial charge on any atom is -0.396 e. The lowest BCUT2D eigenvalue weighted by molar-refractivity contribution is -0.927. The molecule has 15 nitrogen and oxygen atoms in total. The molecule has 0 saturated carbocycles. The Morgan fingerprint density at radius 3 is 1.07 bits per heavy atom. The highest BCUT2D eigenvalue weighted by Crippen LogP contribution is 2.71. The van der Waals surface area contributed by atoms with E-state index in [1.807, 2.05) is 0 Å². The molecule has 0 unspecified atom stereocenters. The monoisotopic (exact) mass is 511 g/mol. The van der Waals surface area contributed by atoms with Gasteiger partial charge in [0.05, 0.1) is 13.1 Å². The zero-order chi connectivity index (χ0) is 23.9. The maximum absolute atomic E-state index is 11.6. The van der Waals surface area contributed by atoms with Crippen LogP contribution in [0.4, 0.5) is 0 Å². The Balaban J connectivity index is 0. The van der Waals surface area contributed by atoms with Gasteiger partial charge >= 0.3 is 30.4 Å². The molecule has 0 radical (unpaired) electrons. The van der Waals surface area contributed by atoms with E-state index >= 15 is 0 Å². The molecule has 0 aliphatic rings. The van der Waals surface area contributed by atoms with E-state index in [4.69, 9.17) is 10.8 Å². The quantitative estimate of drug-likeness (QED) is 0.0890. The van der Waals surface area contributed by atoms with Crippen molar-refractivity contribution in [3.8, 4) is 0 Å². The normalized spacial score (nSPS) is 14.1. The van der Waals surface area contributed by atoms with Crippen LogP contribution in [-0.4, -0.2) is 86.0 Å². The summed E-state index contributed by atoms with van der Waals surface area (Å²) in [5.74, 6) is 0. The van der Waals surface area contributed by atoms with Gasteiger partial charge in [-0.3, -0.25) is 22.7 Å². The van der Waals surface area contributed by atoms with Gasteiger partial charge in [0.1, 0.15) is 0 Å². The number of rotatable bonds is 11. The lowest BCUT2D eigenvalue weighted by atomic mass is 10.3. The van der Waals surface area contributed by atoms with Crippen molar-refractivity contribution in [3.05, 3.63) is 0 Å². The topological polar surface area (TPSA) is 276 Å². The van der Waals surface area contributed by atoms with Crippen LogP contribution in [0.5, 0.6) is 0 Å². The van der Waals surface area contributed by atoms with Gasteiger partial charge in [-0.05, 0) is 33.2 Å². The summed E-state index contributed by atoms with van der Waals surface area (Å²) in [6, 6.07) is 0. The Bertz CT molecular complexity index is 577. The first-order chi connectivity index (χ1) is 12.8. The molecular weight excluding hydrogens is 480 g/mol. The summed E-state index contributed by atoms with van der Waals surface area (Å²) < 4.78 is 44.5. The van der Waals surface area contributed by atoms with Crippen LogP contribution in [0.25, 0.3) is 0 Å². The molecule has 0 aliphatic heterocycles. The maximum atomic E-state index is 11.6. The van der Waals surface area contributed by atoms with Gasteiger partial charge in [-0.25, -0.2) is 0 Å². The minimum atomic E-state index is -5.72. The third kappa shape index (κ3) is 9.65. The minimum absolute atomic E-state index is 0.275. The summed E-state index contributed by atoms with van der Waals surface area (Å²) in [6.07, 6.45) is 1.78. The Hall–Kier alpha value is 0.480. The van der Waals surface area contributed by atoms with Crippen molar-refractivity contribution in [1.29, 1.82) is 0 Å². The van der Waals surface area contributed by atoms with E-state index in [9.17, 15) is 57.4 Å². The molecule has 0 aromatic heterocycles. The molecule has 11 N–H and O–H groups in total. The van der Waals surface area contributed by atoms with E-state index in [1.54, 1.807) is 0 Å². The molecule has 0 heterocycles. The molecule has 0 bridgehead atoms. The summed E-state index contributed by atoms with van der Waals surface area (Å²) in [5, 5.41) is 8.14. The van der Waals surface area contributed by atoms with Crippen molar-refractivity contribution in [2.75, 3.05) is 26.2 Å². The Morgan fingerprint density at radius 2 is 0.966 bits per heavy atom. The van der Waals surface area contributed by atoms with Crippen LogP contribution in [0.3, 0.4) is 0 Å². The van der Waals surface area contributed by atoms with Gasteiger partial charge in [0.25, 0.3) is 11.0 Å². The molecule has 29 heavy (non-hydrogen) atoms. The molecular formula is C10H31N2O13P4+. The summed E-state index contributed by atoms with van der Waals surface area (Å²) in [5.41, 5.74) is -0.961. The van der Waals surface area contributed by atoms with E-state index in [0.29, 0.717) is 6.54 Å². The molecule has 0 amide bonds. The van der Waals surface area contributed by atoms with Gasteiger partial charge in [-0.2, -0.15) is 0 Å². The summed E-state index contributed by atoms with van der Waals surface area (Å²) >= 11 is 0. The van der Waals surface area contributed by atoms with Crippen LogP contribution < -0.4 is 5.73 Å². The largest absolute Gasteiger partial charge is 0.396 e. The first kappa shape index (κ1) is 31.7. The van der Waals surface area contributed by atoms with Crippen LogP contribution in [0.1, 0.15) is 26.7 Å². The number of nitrogens with two attached hydrogens (primary N) is 1. The van der Waals surface area contributed by atoms with Crippen molar-refractivity contribution in [3.63, 3.8) is 0 Å². The summed E-state index contributed by atoms with van der Waals surface area (Å²) in [7, 11) is -22.9. The van der Waals surface area contributed by atoms with Gasteiger partial charge in [0.2, 0.25) is 0 Å². The predicted molar refractivity (Wildman–Crippen MR) is 102 cm³/mol. The van der Waals surface area contributed by atoms with Gasteiger partial charge in [0, 0.05) is 6.61 Å². The number of hydrogen-bond acceptors (Lipinski definition) is 6.